The SMILES string of the molecule is CCC1(CC)c2cccc3c2-c2n(c4ccccc4[n+]2C1CCn1ccnc1-c1cccc[n+]1C)C(C)(C)N3C. The highest BCUT2D eigenvalue weighted by Crippen LogP contribution is 2.55. The highest BCUT2D eigenvalue weighted by atomic mass is 15.4. The van der Waals surface area contributed by atoms with Gasteiger partial charge in [-0.1, -0.05) is 38.1 Å². The summed E-state index contributed by atoms with van der Waals surface area (Å²) in [7, 11) is 4.35. The summed E-state index contributed by atoms with van der Waals surface area (Å²) in [5, 5.41) is 0. The third-order valence-corrected chi connectivity index (χ3v) is 10.2. The predicted octanol–water partition coefficient (Wildman–Crippen LogP) is 6.13. The highest BCUT2D eigenvalue weighted by Gasteiger charge is 2.56. The molecular weight excluding hydrogens is 492 g/mol. The van der Waals surface area contributed by atoms with Crippen LogP contribution >= 0.6 is 0 Å². The summed E-state index contributed by atoms with van der Waals surface area (Å²) in [4.78, 5) is 7.27. The van der Waals surface area contributed by atoms with Crippen molar-refractivity contribution < 1.29 is 9.13 Å². The minimum absolute atomic E-state index is 0.0262. The number of hydrogen-bond acceptors (Lipinski definition) is 2. The van der Waals surface area contributed by atoms with Crippen LogP contribution in [0.5, 0.6) is 0 Å². The summed E-state index contributed by atoms with van der Waals surface area (Å²) in [6, 6.07) is 22.7. The molecule has 0 saturated carbocycles. The van der Waals surface area contributed by atoms with Crippen LogP contribution in [0.2, 0.25) is 0 Å². The smallest absolute Gasteiger partial charge is 0.294 e. The molecule has 7 rings (SSSR count). The van der Waals surface area contributed by atoms with Gasteiger partial charge in [-0.3, -0.25) is 0 Å². The summed E-state index contributed by atoms with van der Waals surface area (Å²) in [5.41, 5.74) is 7.86. The molecule has 0 spiro atoms. The van der Waals surface area contributed by atoms with Gasteiger partial charge >= 0.3 is 0 Å². The lowest BCUT2D eigenvalue weighted by atomic mass is 9.65. The van der Waals surface area contributed by atoms with Crippen LogP contribution in [0.1, 0.15) is 58.6 Å². The van der Waals surface area contributed by atoms with E-state index in [-0.39, 0.29) is 11.1 Å². The van der Waals surface area contributed by atoms with Crippen molar-refractivity contribution in [1.29, 1.82) is 0 Å². The normalized spacial score (nSPS) is 18.2. The Kier molecular flexibility index (Phi) is 5.51. The van der Waals surface area contributed by atoms with Crippen molar-refractivity contribution in [3.8, 4) is 22.9 Å². The average molecular weight is 533 g/mol. The van der Waals surface area contributed by atoms with E-state index >= 15 is 0 Å². The maximum Gasteiger partial charge on any atom is 0.294 e. The van der Waals surface area contributed by atoms with Crippen LogP contribution in [0, 0.1) is 0 Å². The van der Waals surface area contributed by atoms with Crippen LogP contribution < -0.4 is 14.0 Å². The zero-order valence-electron chi connectivity index (χ0n) is 24.6. The molecule has 0 radical (unpaired) electrons. The minimum Gasteiger partial charge on any atom is -0.333 e. The lowest BCUT2D eigenvalue weighted by Crippen LogP contribution is -2.58. The Morgan fingerprint density at radius 3 is 2.50 bits per heavy atom. The van der Waals surface area contributed by atoms with Crippen molar-refractivity contribution in [2.45, 2.75) is 70.6 Å². The number of nitrogens with zero attached hydrogens (tertiary/aromatic N) is 6. The maximum atomic E-state index is 4.80. The third-order valence-electron chi connectivity index (χ3n) is 10.2. The van der Waals surface area contributed by atoms with Crippen LogP contribution in [0.3, 0.4) is 0 Å². The number of fused-ring (bicyclic) bond motifs is 3. The Morgan fingerprint density at radius 2 is 1.73 bits per heavy atom. The van der Waals surface area contributed by atoms with E-state index in [0.717, 1.165) is 37.3 Å². The lowest BCUT2D eigenvalue weighted by Gasteiger charge is -2.47. The van der Waals surface area contributed by atoms with E-state index in [1.807, 2.05) is 6.20 Å². The second-order valence-electron chi connectivity index (χ2n) is 12.1. The first kappa shape index (κ1) is 25.1. The molecule has 40 heavy (non-hydrogen) atoms. The molecule has 1 atom stereocenters. The second kappa shape index (κ2) is 8.79. The maximum absolute atomic E-state index is 4.80. The van der Waals surface area contributed by atoms with E-state index in [4.69, 9.17) is 4.98 Å². The highest BCUT2D eigenvalue weighted by molar-refractivity contribution is 5.87. The van der Waals surface area contributed by atoms with Crippen LogP contribution in [0.15, 0.2) is 79.3 Å². The summed E-state index contributed by atoms with van der Waals surface area (Å²) in [6.45, 7) is 10.4. The summed E-state index contributed by atoms with van der Waals surface area (Å²) in [6.07, 6.45) is 9.39. The Morgan fingerprint density at radius 1 is 0.950 bits per heavy atom. The van der Waals surface area contributed by atoms with E-state index in [1.54, 1.807) is 0 Å². The van der Waals surface area contributed by atoms with Gasteiger partial charge < -0.3 is 9.47 Å². The van der Waals surface area contributed by atoms with Gasteiger partial charge in [0.05, 0.1) is 11.3 Å². The number of aryl methyl sites for hydroxylation is 2. The van der Waals surface area contributed by atoms with E-state index < -0.39 is 0 Å². The van der Waals surface area contributed by atoms with Crippen molar-refractivity contribution in [1.82, 2.24) is 14.1 Å². The van der Waals surface area contributed by atoms with E-state index in [0.29, 0.717) is 6.04 Å². The van der Waals surface area contributed by atoms with Crippen LogP contribution in [0.25, 0.3) is 33.9 Å². The van der Waals surface area contributed by atoms with Gasteiger partial charge in [0, 0.05) is 50.0 Å². The molecule has 0 bridgehead atoms. The first-order chi connectivity index (χ1) is 19.3. The number of para-hydroxylation sites is 2. The topological polar surface area (TPSA) is 33.8 Å². The van der Waals surface area contributed by atoms with Crippen LogP contribution in [0.4, 0.5) is 5.69 Å². The number of rotatable bonds is 6. The third kappa shape index (κ3) is 3.13. The molecule has 3 aromatic heterocycles. The average Bonchev–Trinajstić information content (AvgIpc) is 3.58. The molecule has 5 aromatic rings. The molecule has 0 aliphatic carbocycles. The van der Waals surface area contributed by atoms with Crippen molar-refractivity contribution in [2.24, 2.45) is 7.05 Å². The summed E-state index contributed by atoms with van der Waals surface area (Å²) in [5.74, 6) is 2.38. The quantitative estimate of drug-likeness (QED) is 0.247. The van der Waals surface area contributed by atoms with Crippen LogP contribution in [-0.4, -0.2) is 21.2 Å². The van der Waals surface area contributed by atoms with E-state index in [1.165, 1.54) is 33.7 Å². The zero-order valence-corrected chi connectivity index (χ0v) is 24.6. The molecule has 6 nitrogen and oxygen atoms in total. The van der Waals surface area contributed by atoms with Crippen molar-refractivity contribution in [3.05, 3.63) is 84.8 Å². The molecule has 1 unspecified atom stereocenters. The molecule has 0 fully saturated rings. The molecule has 0 amide bonds. The molecule has 2 aromatic carbocycles. The molecule has 2 aliphatic rings. The monoisotopic (exact) mass is 532 g/mol. The number of anilines is 1. The minimum atomic E-state index is -0.200. The van der Waals surface area contributed by atoms with Gasteiger partial charge in [-0.2, -0.15) is 9.13 Å². The fraction of sp³-hybridized carbons (Fsp3) is 0.382. The van der Waals surface area contributed by atoms with Crippen LogP contribution in [-0.2, 0) is 24.7 Å². The van der Waals surface area contributed by atoms with Gasteiger partial charge in [-0.05, 0) is 56.5 Å². The first-order valence-electron chi connectivity index (χ1n) is 14.7. The first-order valence-corrected chi connectivity index (χ1v) is 14.7. The second-order valence-corrected chi connectivity index (χ2v) is 12.1. The van der Waals surface area contributed by atoms with Crippen molar-refractivity contribution in [2.75, 3.05) is 11.9 Å². The summed E-state index contributed by atoms with van der Waals surface area (Å²) >= 11 is 0. The molecule has 204 valence electrons. The van der Waals surface area contributed by atoms with Crippen molar-refractivity contribution >= 4 is 16.7 Å². The number of hydrogen-bond donors (Lipinski definition) is 0. The predicted molar refractivity (Wildman–Crippen MR) is 160 cm³/mol. The number of benzene rings is 2. The molecule has 6 heteroatoms. The number of aromatic nitrogens is 5. The number of pyridine rings is 1. The van der Waals surface area contributed by atoms with E-state index in [9.17, 15) is 0 Å². The van der Waals surface area contributed by atoms with Gasteiger partial charge in [-0.15, -0.1) is 0 Å². The fourth-order valence-electron chi connectivity index (χ4n) is 7.88. The molecule has 0 saturated heterocycles. The van der Waals surface area contributed by atoms with Gasteiger partial charge in [-0.25, -0.2) is 9.55 Å². The Balaban J connectivity index is 1.46. The fourth-order valence-corrected chi connectivity index (χ4v) is 7.88. The Labute approximate surface area is 237 Å². The van der Waals surface area contributed by atoms with Crippen molar-refractivity contribution in [3.63, 3.8) is 0 Å². The number of imidazole rings is 2. The Bertz CT molecular complexity index is 1750. The largest absolute Gasteiger partial charge is 0.333 e. The molecule has 2 aliphatic heterocycles. The Hall–Kier alpha value is -3.93. The molecular formula is C34H40N6+2. The standard InChI is InChI=1S/C34H40N6/c1-7-34(8-2)24-14-13-18-27-30(24)32-39(25-15-9-10-16-26(25)40(32)33(3,4)37(27)6)29(34)19-22-38-23-20-35-31(38)28-17-11-12-21-36(28)5/h9-18,20-21,23,29H,7-8,19,22H2,1-6H3/q+2. The van der Waals surface area contributed by atoms with Gasteiger partial charge in [0.25, 0.3) is 5.82 Å². The van der Waals surface area contributed by atoms with Gasteiger partial charge in [0.1, 0.15) is 13.1 Å². The molecule has 0 N–H and O–H groups in total. The van der Waals surface area contributed by atoms with Gasteiger partial charge in [0.2, 0.25) is 11.5 Å². The molecule has 5 heterocycles. The lowest BCUT2D eigenvalue weighted by molar-refractivity contribution is -0.703. The van der Waals surface area contributed by atoms with Gasteiger partial charge in [0.15, 0.2) is 22.9 Å². The van der Waals surface area contributed by atoms with E-state index in [2.05, 4.69) is 138 Å². The summed E-state index contributed by atoms with van der Waals surface area (Å²) < 4.78 is 9.83. The zero-order chi connectivity index (χ0) is 27.8.